The van der Waals surface area contributed by atoms with Crippen molar-refractivity contribution in [1.82, 2.24) is 14.7 Å². The van der Waals surface area contributed by atoms with Crippen molar-refractivity contribution in [1.29, 1.82) is 0 Å². The van der Waals surface area contributed by atoms with Gasteiger partial charge in [0.25, 0.3) is 5.91 Å². The van der Waals surface area contributed by atoms with Gasteiger partial charge in [-0.05, 0) is 25.1 Å². The van der Waals surface area contributed by atoms with Crippen molar-refractivity contribution >= 4 is 5.91 Å². The number of carbonyl (C=O) groups excluding carboxylic acids is 1. The van der Waals surface area contributed by atoms with Crippen LogP contribution >= 0.6 is 0 Å². The molecule has 0 aliphatic carbocycles. The average Bonchev–Trinajstić information content (AvgIpc) is 2.95. The van der Waals surface area contributed by atoms with Gasteiger partial charge < -0.3 is 4.90 Å². The van der Waals surface area contributed by atoms with Crippen molar-refractivity contribution < 1.29 is 18.0 Å². The highest BCUT2D eigenvalue weighted by Crippen LogP contribution is 2.30. The molecule has 0 N–H and O–H groups in total. The summed E-state index contributed by atoms with van der Waals surface area (Å²) in [7, 11) is 0. The van der Waals surface area contributed by atoms with Crippen molar-refractivity contribution in [3.05, 3.63) is 72.6 Å². The molecule has 0 bridgehead atoms. The number of aromatic nitrogens is 2. The molecular weight excluding hydrogens is 331 g/mol. The quantitative estimate of drug-likeness (QED) is 0.739. The number of nitrogens with zero attached hydrogens (tertiary/aromatic N) is 3. The van der Waals surface area contributed by atoms with E-state index in [1.165, 1.54) is 27.9 Å². The van der Waals surface area contributed by atoms with Gasteiger partial charge in [-0.3, -0.25) is 4.79 Å². The number of rotatable bonds is 6. The van der Waals surface area contributed by atoms with E-state index in [1.54, 1.807) is 19.1 Å². The zero-order chi connectivity index (χ0) is 18.6. The Hall–Kier alpha value is -2.83. The molecular formula is C18H18F3N3O. The molecule has 7 heteroatoms. The number of hydrogen-bond donors (Lipinski definition) is 0. The Morgan fingerprint density at radius 2 is 1.92 bits per heavy atom. The summed E-state index contributed by atoms with van der Waals surface area (Å²) < 4.78 is 40.0. The Balaban J connectivity index is 2.40. The third-order valence-corrected chi connectivity index (χ3v) is 3.64. The number of hydrogen-bond acceptors (Lipinski definition) is 2. The Labute approximate surface area is 143 Å². The normalized spacial score (nSPS) is 11.2. The fourth-order valence-corrected chi connectivity index (χ4v) is 2.42. The summed E-state index contributed by atoms with van der Waals surface area (Å²) in [4.78, 5) is 14.1. The van der Waals surface area contributed by atoms with E-state index in [1.807, 2.05) is 0 Å². The molecule has 0 atom stereocenters. The van der Waals surface area contributed by atoms with Crippen molar-refractivity contribution in [2.75, 3.05) is 13.1 Å². The molecule has 0 spiro atoms. The fraction of sp³-hybridized carbons (Fsp3) is 0.222. The van der Waals surface area contributed by atoms with Crippen LogP contribution in [0.4, 0.5) is 13.2 Å². The number of alkyl halides is 3. The van der Waals surface area contributed by atoms with Crippen LogP contribution in [0.2, 0.25) is 0 Å². The molecule has 0 unspecified atom stereocenters. The van der Waals surface area contributed by atoms with Gasteiger partial charge in [-0.15, -0.1) is 13.2 Å². The molecule has 0 fully saturated rings. The van der Waals surface area contributed by atoms with E-state index in [2.05, 4.69) is 18.3 Å². The van der Waals surface area contributed by atoms with Gasteiger partial charge in [0.05, 0.1) is 28.7 Å². The number of halogens is 3. The molecule has 25 heavy (non-hydrogen) atoms. The standard InChI is InChI=1S/C18H18F3N3O/c1-4-9-23(10-5-2)17(25)16-12-22-24(13(16)3)15-8-6-7-14(11-15)18(19,20)21/h4-8,11-12H,1-2,9-10H2,3H3. The smallest absolute Gasteiger partial charge is 0.331 e. The lowest BCUT2D eigenvalue weighted by Crippen LogP contribution is -2.31. The maximum atomic E-state index is 12.9. The maximum Gasteiger partial charge on any atom is 0.416 e. The van der Waals surface area contributed by atoms with Crippen molar-refractivity contribution in [3.63, 3.8) is 0 Å². The van der Waals surface area contributed by atoms with Gasteiger partial charge in [-0.25, -0.2) is 4.68 Å². The van der Waals surface area contributed by atoms with E-state index in [9.17, 15) is 18.0 Å². The molecule has 2 rings (SSSR count). The minimum absolute atomic E-state index is 0.241. The summed E-state index contributed by atoms with van der Waals surface area (Å²) in [6, 6.07) is 4.81. The molecule has 0 saturated heterocycles. The van der Waals surface area contributed by atoms with Crippen LogP contribution < -0.4 is 0 Å². The number of benzene rings is 1. The molecule has 0 radical (unpaired) electrons. The van der Waals surface area contributed by atoms with Crippen LogP contribution in [-0.4, -0.2) is 33.7 Å². The van der Waals surface area contributed by atoms with Gasteiger partial charge in [0.2, 0.25) is 0 Å². The van der Waals surface area contributed by atoms with E-state index in [0.717, 1.165) is 12.1 Å². The lowest BCUT2D eigenvalue weighted by atomic mass is 10.2. The molecule has 0 aliphatic heterocycles. The van der Waals surface area contributed by atoms with Crippen molar-refractivity contribution in [2.24, 2.45) is 0 Å². The second kappa shape index (κ2) is 7.38. The van der Waals surface area contributed by atoms with Gasteiger partial charge in [0, 0.05) is 13.1 Å². The minimum Gasteiger partial charge on any atom is -0.331 e. The maximum absolute atomic E-state index is 12.9. The molecule has 1 heterocycles. The first-order valence-corrected chi connectivity index (χ1v) is 7.53. The molecule has 132 valence electrons. The molecule has 0 aliphatic rings. The third-order valence-electron chi connectivity index (χ3n) is 3.64. The topological polar surface area (TPSA) is 38.1 Å². The van der Waals surface area contributed by atoms with E-state index in [4.69, 9.17) is 0 Å². The van der Waals surface area contributed by atoms with E-state index < -0.39 is 11.7 Å². The van der Waals surface area contributed by atoms with Gasteiger partial charge in [-0.2, -0.15) is 18.3 Å². The highest BCUT2D eigenvalue weighted by Gasteiger charge is 2.31. The van der Waals surface area contributed by atoms with Crippen LogP contribution in [-0.2, 0) is 6.18 Å². The Bertz CT molecular complexity index is 783. The van der Waals surface area contributed by atoms with Crippen LogP contribution in [0.5, 0.6) is 0 Å². The van der Waals surface area contributed by atoms with Crippen molar-refractivity contribution in [2.45, 2.75) is 13.1 Å². The lowest BCUT2D eigenvalue weighted by molar-refractivity contribution is -0.137. The molecule has 1 aromatic carbocycles. The molecule has 2 aromatic rings. The second-order valence-corrected chi connectivity index (χ2v) is 5.39. The van der Waals surface area contributed by atoms with Crippen molar-refractivity contribution in [3.8, 4) is 5.69 Å². The molecule has 4 nitrogen and oxygen atoms in total. The SMILES string of the molecule is C=CCN(CC=C)C(=O)c1cnn(-c2cccc(C(F)(F)F)c2)c1C. The summed E-state index contributed by atoms with van der Waals surface area (Å²) in [6.07, 6.45) is 0.0967. The van der Waals surface area contributed by atoms with Crippen LogP contribution in [0, 0.1) is 6.92 Å². The zero-order valence-electron chi connectivity index (χ0n) is 13.8. The number of amides is 1. The van der Waals surface area contributed by atoms with Crippen LogP contribution in [0.3, 0.4) is 0 Å². The Morgan fingerprint density at radius 1 is 1.28 bits per heavy atom. The summed E-state index contributed by atoms with van der Waals surface area (Å²) >= 11 is 0. The second-order valence-electron chi connectivity index (χ2n) is 5.39. The average molecular weight is 349 g/mol. The Kier molecular flexibility index (Phi) is 5.46. The van der Waals surface area contributed by atoms with Gasteiger partial charge in [0.15, 0.2) is 0 Å². The van der Waals surface area contributed by atoms with Crippen LogP contribution in [0.15, 0.2) is 55.8 Å². The van der Waals surface area contributed by atoms with Crippen LogP contribution in [0.25, 0.3) is 5.69 Å². The summed E-state index contributed by atoms with van der Waals surface area (Å²) in [5, 5.41) is 4.08. The van der Waals surface area contributed by atoms with Gasteiger partial charge >= 0.3 is 6.18 Å². The highest BCUT2D eigenvalue weighted by molar-refractivity contribution is 5.95. The summed E-state index contributed by atoms with van der Waals surface area (Å²) in [5.74, 6) is -0.282. The third kappa shape index (κ3) is 3.99. The first kappa shape index (κ1) is 18.5. The minimum atomic E-state index is -4.44. The fourth-order valence-electron chi connectivity index (χ4n) is 2.42. The predicted molar refractivity (Wildman–Crippen MR) is 89.6 cm³/mol. The number of carbonyl (C=O) groups is 1. The first-order chi connectivity index (χ1) is 11.8. The Morgan fingerprint density at radius 3 is 2.48 bits per heavy atom. The molecule has 0 saturated carbocycles. The molecule has 1 aromatic heterocycles. The van der Waals surface area contributed by atoms with Crippen LogP contribution in [0.1, 0.15) is 21.6 Å². The summed E-state index contributed by atoms with van der Waals surface area (Å²) in [6.45, 7) is 9.53. The van der Waals surface area contributed by atoms with E-state index in [-0.39, 0.29) is 11.6 Å². The lowest BCUT2D eigenvalue weighted by Gasteiger charge is -2.19. The monoisotopic (exact) mass is 349 g/mol. The van der Waals surface area contributed by atoms with Gasteiger partial charge in [-0.1, -0.05) is 18.2 Å². The summed E-state index contributed by atoms with van der Waals surface area (Å²) in [5.41, 5.74) is 0.252. The largest absolute Gasteiger partial charge is 0.416 e. The van der Waals surface area contributed by atoms with Gasteiger partial charge in [0.1, 0.15) is 0 Å². The van der Waals surface area contributed by atoms with E-state index in [0.29, 0.717) is 24.3 Å². The predicted octanol–water partition coefficient (Wildman–Crippen LogP) is 4.01. The first-order valence-electron chi connectivity index (χ1n) is 7.53. The zero-order valence-corrected chi connectivity index (χ0v) is 13.8. The highest BCUT2D eigenvalue weighted by atomic mass is 19.4. The molecule has 1 amide bonds. The van der Waals surface area contributed by atoms with E-state index >= 15 is 0 Å².